The molecule has 7 nitrogen and oxygen atoms in total. The standard InChI is InChI=1S/C37H43N3O4S/c1-5-24-38-37(42)35(25-30-12-8-6-9-13-30)39(26-31-18-16-29(4)17-19-31)36(41)27-40(33-22-20-32(21-23-33)28(2)3)45(43,44)34-14-10-7-11-15-34/h6-23,28,35H,5,24-27H2,1-4H3,(H,38,42)/t35-/m1/s1. The fourth-order valence-corrected chi connectivity index (χ4v) is 6.52. The van der Waals surface area contributed by atoms with Crippen LogP contribution < -0.4 is 9.62 Å². The Kier molecular flexibility index (Phi) is 11.5. The van der Waals surface area contributed by atoms with Gasteiger partial charge in [0.2, 0.25) is 11.8 Å². The van der Waals surface area contributed by atoms with E-state index in [1.807, 2.05) is 80.6 Å². The zero-order valence-electron chi connectivity index (χ0n) is 26.5. The minimum atomic E-state index is -4.13. The van der Waals surface area contributed by atoms with Crippen molar-refractivity contribution in [2.75, 3.05) is 17.4 Å². The zero-order valence-corrected chi connectivity index (χ0v) is 27.3. The molecule has 0 saturated carbocycles. The monoisotopic (exact) mass is 625 g/mol. The van der Waals surface area contributed by atoms with E-state index in [9.17, 15) is 18.0 Å². The number of benzene rings is 4. The number of sulfonamides is 1. The van der Waals surface area contributed by atoms with Crippen LogP contribution in [-0.2, 0) is 32.6 Å². The average Bonchev–Trinajstić information content (AvgIpc) is 3.05. The first-order valence-corrected chi connectivity index (χ1v) is 16.9. The van der Waals surface area contributed by atoms with Gasteiger partial charge in [-0.15, -0.1) is 0 Å². The lowest BCUT2D eigenvalue weighted by molar-refractivity contribution is -0.140. The minimum absolute atomic E-state index is 0.0809. The molecule has 4 rings (SSSR count). The third-order valence-corrected chi connectivity index (χ3v) is 9.54. The van der Waals surface area contributed by atoms with Crippen LogP contribution in [0.25, 0.3) is 0 Å². The molecule has 236 valence electrons. The van der Waals surface area contributed by atoms with Gasteiger partial charge in [-0.1, -0.05) is 111 Å². The molecule has 4 aromatic rings. The number of nitrogens with zero attached hydrogens (tertiary/aromatic N) is 2. The number of hydrogen-bond donors (Lipinski definition) is 1. The van der Waals surface area contributed by atoms with Gasteiger partial charge in [0.15, 0.2) is 0 Å². The molecular weight excluding hydrogens is 582 g/mol. The molecule has 0 saturated heterocycles. The highest BCUT2D eigenvalue weighted by atomic mass is 32.2. The summed E-state index contributed by atoms with van der Waals surface area (Å²) >= 11 is 0. The van der Waals surface area contributed by atoms with E-state index in [-0.39, 0.29) is 29.7 Å². The SMILES string of the molecule is CCCNC(=O)[C@@H](Cc1ccccc1)N(Cc1ccc(C)cc1)C(=O)CN(c1ccc(C(C)C)cc1)S(=O)(=O)c1ccccc1. The molecule has 0 bridgehead atoms. The van der Waals surface area contributed by atoms with Crippen LogP contribution in [0.4, 0.5) is 5.69 Å². The lowest BCUT2D eigenvalue weighted by Gasteiger charge is -2.34. The molecule has 0 aliphatic rings. The molecule has 8 heteroatoms. The highest BCUT2D eigenvalue weighted by Gasteiger charge is 2.34. The first-order valence-electron chi connectivity index (χ1n) is 15.4. The summed E-state index contributed by atoms with van der Waals surface area (Å²) in [4.78, 5) is 29.8. The van der Waals surface area contributed by atoms with Crippen molar-refractivity contribution in [3.8, 4) is 0 Å². The number of carbonyl (C=O) groups is 2. The van der Waals surface area contributed by atoms with Gasteiger partial charge in [-0.05, 0) is 60.2 Å². The second-order valence-corrected chi connectivity index (χ2v) is 13.4. The molecule has 0 heterocycles. The molecule has 0 aliphatic carbocycles. The number of aryl methyl sites for hydroxylation is 1. The topological polar surface area (TPSA) is 86.8 Å². The minimum Gasteiger partial charge on any atom is -0.354 e. The van der Waals surface area contributed by atoms with E-state index in [0.717, 1.165) is 33.0 Å². The van der Waals surface area contributed by atoms with Crippen LogP contribution in [0.1, 0.15) is 55.4 Å². The van der Waals surface area contributed by atoms with Crippen LogP contribution in [0.2, 0.25) is 0 Å². The summed E-state index contributed by atoms with van der Waals surface area (Å²) < 4.78 is 29.4. The molecule has 1 N–H and O–H groups in total. The van der Waals surface area contributed by atoms with Crippen molar-refractivity contribution in [3.63, 3.8) is 0 Å². The Hall–Kier alpha value is -4.43. The molecule has 0 spiro atoms. The van der Waals surface area contributed by atoms with E-state index in [1.54, 1.807) is 30.3 Å². The van der Waals surface area contributed by atoms with Gasteiger partial charge in [0.05, 0.1) is 10.6 Å². The average molecular weight is 626 g/mol. The maximum Gasteiger partial charge on any atom is 0.264 e. The van der Waals surface area contributed by atoms with E-state index >= 15 is 0 Å². The molecule has 1 atom stereocenters. The maximum absolute atomic E-state index is 14.5. The molecule has 2 amide bonds. The number of nitrogens with one attached hydrogen (secondary N) is 1. The molecule has 45 heavy (non-hydrogen) atoms. The van der Waals surface area contributed by atoms with Crippen molar-refractivity contribution >= 4 is 27.5 Å². The molecule has 0 radical (unpaired) electrons. The highest BCUT2D eigenvalue weighted by molar-refractivity contribution is 7.92. The van der Waals surface area contributed by atoms with Crippen LogP contribution in [0.5, 0.6) is 0 Å². The number of rotatable bonds is 14. The predicted octanol–water partition coefficient (Wildman–Crippen LogP) is 6.48. The normalized spacial score (nSPS) is 12.0. The van der Waals surface area contributed by atoms with Crippen molar-refractivity contribution < 1.29 is 18.0 Å². The van der Waals surface area contributed by atoms with Crippen molar-refractivity contribution in [3.05, 3.63) is 131 Å². The number of carbonyl (C=O) groups excluding carboxylic acids is 2. The Morgan fingerprint density at radius 2 is 1.38 bits per heavy atom. The first kappa shape index (κ1) is 33.5. The van der Waals surface area contributed by atoms with Crippen LogP contribution in [0.3, 0.4) is 0 Å². The largest absolute Gasteiger partial charge is 0.354 e. The Bertz CT molecular complexity index is 1640. The van der Waals surface area contributed by atoms with Gasteiger partial charge < -0.3 is 10.2 Å². The lowest BCUT2D eigenvalue weighted by atomic mass is 10.0. The summed E-state index contributed by atoms with van der Waals surface area (Å²) in [7, 11) is -4.13. The third-order valence-electron chi connectivity index (χ3n) is 7.75. The van der Waals surface area contributed by atoms with Gasteiger partial charge >= 0.3 is 0 Å². The Morgan fingerprint density at radius 3 is 1.96 bits per heavy atom. The zero-order chi connectivity index (χ0) is 32.4. The molecule has 4 aromatic carbocycles. The van der Waals surface area contributed by atoms with Crippen LogP contribution in [0, 0.1) is 6.92 Å². The fourth-order valence-electron chi connectivity index (χ4n) is 5.08. The number of anilines is 1. The summed E-state index contributed by atoms with van der Waals surface area (Å²) in [6.07, 6.45) is 1.02. The number of hydrogen-bond acceptors (Lipinski definition) is 4. The summed E-state index contributed by atoms with van der Waals surface area (Å²) in [5.41, 5.74) is 4.24. The smallest absolute Gasteiger partial charge is 0.264 e. The van der Waals surface area contributed by atoms with Crippen molar-refractivity contribution in [1.82, 2.24) is 10.2 Å². The second-order valence-electron chi connectivity index (χ2n) is 11.6. The summed E-state index contributed by atoms with van der Waals surface area (Å²) in [6.45, 7) is 8.22. The third kappa shape index (κ3) is 8.82. The van der Waals surface area contributed by atoms with Crippen LogP contribution in [-0.4, -0.2) is 44.3 Å². The summed E-state index contributed by atoms with van der Waals surface area (Å²) in [5, 5.41) is 2.98. The van der Waals surface area contributed by atoms with E-state index in [0.29, 0.717) is 12.2 Å². The molecule has 0 fully saturated rings. The quantitative estimate of drug-likeness (QED) is 0.174. The Labute approximate surface area is 268 Å². The first-order chi connectivity index (χ1) is 21.6. The summed E-state index contributed by atoms with van der Waals surface area (Å²) in [5.74, 6) is -0.499. The van der Waals surface area contributed by atoms with Gasteiger partial charge in [-0.3, -0.25) is 13.9 Å². The Balaban J connectivity index is 1.79. The van der Waals surface area contributed by atoms with E-state index in [2.05, 4.69) is 19.2 Å². The van der Waals surface area contributed by atoms with Gasteiger partial charge in [-0.25, -0.2) is 8.42 Å². The highest BCUT2D eigenvalue weighted by Crippen LogP contribution is 2.27. The molecule has 0 unspecified atom stereocenters. The molecule has 0 aromatic heterocycles. The van der Waals surface area contributed by atoms with Crippen LogP contribution >= 0.6 is 0 Å². The van der Waals surface area contributed by atoms with Gasteiger partial charge in [0.25, 0.3) is 10.0 Å². The lowest BCUT2D eigenvalue weighted by Crippen LogP contribution is -2.53. The van der Waals surface area contributed by atoms with Gasteiger partial charge in [0.1, 0.15) is 12.6 Å². The fraction of sp³-hybridized carbons (Fsp3) is 0.297. The van der Waals surface area contributed by atoms with Crippen molar-refractivity contribution in [2.24, 2.45) is 0 Å². The van der Waals surface area contributed by atoms with Crippen molar-refractivity contribution in [2.45, 2.75) is 63.9 Å². The predicted molar refractivity (Wildman–Crippen MR) is 180 cm³/mol. The van der Waals surface area contributed by atoms with E-state index in [4.69, 9.17) is 0 Å². The molecule has 0 aliphatic heterocycles. The van der Waals surface area contributed by atoms with Gasteiger partial charge in [0, 0.05) is 19.5 Å². The second kappa shape index (κ2) is 15.5. The van der Waals surface area contributed by atoms with E-state index < -0.39 is 28.5 Å². The molecular formula is C37H43N3O4S. The number of amides is 2. The van der Waals surface area contributed by atoms with Crippen LogP contribution in [0.15, 0.2) is 114 Å². The summed E-state index contributed by atoms with van der Waals surface area (Å²) in [6, 6.07) is 31.9. The maximum atomic E-state index is 14.5. The Morgan fingerprint density at radius 1 is 0.778 bits per heavy atom. The van der Waals surface area contributed by atoms with Gasteiger partial charge in [-0.2, -0.15) is 0 Å². The van der Waals surface area contributed by atoms with Crippen molar-refractivity contribution in [1.29, 1.82) is 0 Å². The van der Waals surface area contributed by atoms with E-state index in [1.165, 1.54) is 17.0 Å².